The van der Waals surface area contributed by atoms with E-state index in [4.69, 9.17) is 4.74 Å². The topological polar surface area (TPSA) is 24.5 Å². The highest BCUT2D eigenvalue weighted by Crippen LogP contribution is 2.26. The van der Waals surface area contributed by atoms with Gasteiger partial charge in [-0.2, -0.15) is 0 Å². The fourth-order valence-electron chi connectivity index (χ4n) is 2.64. The molecule has 0 fully saturated rings. The molecule has 3 heteroatoms. The number of hydrogen-bond donors (Lipinski definition) is 1. The number of anilines is 1. The molecule has 0 saturated heterocycles. The van der Waals surface area contributed by atoms with E-state index in [1.54, 1.807) is 0 Å². The standard InChI is InChI=1S/C18H22N2O/c1-2-19-13-15-7-9-17(10-8-15)20-11-12-21-18-6-4-3-5-16(18)14-20/h3-10,19H,2,11-14H2,1H3. The van der Waals surface area contributed by atoms with Crippen molar-refractivity contribution in [1.82, 2.24) is 5.32 Å². The van der Waals surface area contributed by atoms with Crippen LogP contribution in [0.25, 0.3) is 0 Å². The second-order valence-corrected chi connectivity index (χ2v) is 5.32. The molecule has 21 heavy (non-hydrogen) atoms. The summed E-state index contributed by atoms with van der Waals surface area (Å²) in [7, 11) is 0. The predicted molar refractivity (Wildman–Crippen MR) is 86.8 cm³/mol. The first-order valence-corrected chi connectivity index (χ1v) is 7.62. The number of ether oxygens (including phenoxy) is 1. The second kappa shape index (κ2) is 6.64. The van der Waals surface area contributed by atoms with Crippen LogP contribution >= 0.6 is 0 Å². The number of fused-ring (bicyclic) bond motifs is 1. The molecule has 0 radical (unpaired) electrons. The maximum Gasteiger partial charge on any atom is 0.124 e. The molecule has 0 spiro atoms. The van der Waals surface area contributed by atoms with E-state index in [9.17, 15) is 0 Å². The molecule has 1 N–H and O–H groups in total. The van der Waals surface area contributed by atoms with E-state index in [-0.39, 0.29) is 0 Å². The summed E-state index contributed by atoms with van der Waals surface area (Å²) in [6, 6.07) is 17.1. The lowest BCUT2D eigenvalue weighted by atomic mass is 10.1. The van der Waals surface area contributed by atoms with E-state index in [0.29, 0.717) is 0 Å². The van der Waals surface area contributed by atoms with Crippen LogP contribution in [0.4, 0.5) is 5.69 Å². The molecule has 2 aromatic carbocycles. The summed E-state index contributed by atoms with van der Waals surface area (Å²) in [6.07, 6.45) is 0. The van der Waals surface area contributed by atoms with Gasteiger partial charge in [0.25, 0.3) is 0 Å². The molecular weight excluding hydrogens is 260 g/mol. The highest BCUT2D eigenvalue weighted by atomic mass is 16.5. The van der Waals surface area contributed by atoms with Crippen LogP contribution in [0.1, 0.15) is 18.1 Å². The van der Waals surface area contributed by atoms with Gasteiger partial charge in [0.2, 0.25) is 0 Å². The molecule has 0 aliphatic carbocycles. The average Bonchev–Trinajstić information content (AvgIpc) is 2.75. The number of rotatable bonds is 4. The zero-order valence-electron chi connectivity index (χ0n) is 12.5. The Balaban J connectivity index is 1.74. The van der Waals surface area contributed by atoms with Crippen molar-refractivity contribution in [3.05, 3.63) is 59.7 Å². The first-order valence-electron chi connectivity index (χ1n) is 7.62. The summed E-state index contributed by atoms with van der Waals surface area (Å²) < 4.78 is 5.83. The lowest BCUT2D eigenvalue weighted by molar-refractivity contribution is 0.331. The van der Waals surface area contributed by atoms with Gasteiger partial charge >= 0.3 is 0 Å². The van der Waals surface area contributed by atoms with Crippen LogP contribution in [-0.4, -0.2) is 19.7 Å². The minimum Gasteiger partial charge on any atom is -0.491 e. The lowest BCUT2D eigenvalue weighted by Gasteiger charge is -2.22. The maximum absolute atomic E-state index is 5.83. The van der Waals surface area contributed by atoms with E-state index in [1.165, 1.54) is 16.8 Å². The van der Waals surface area contributed by atoms with Crippen LogP contribution in [0.2, 0.25) is 0 Å². The van der Waals surface area contributed by atoms with Gasteiger partial charge in [0.1, 0.15) is 12.4 Å². The van der Waals surface area contributed by atoms with E-state index < -0.39 is 0 Å². The molecule has 1 aliphatic rings. The molecule has 0 amide bonds. The van der Waals surface area contributed by atoms with Gasteiger partial charge in [0.15, 0.2) is 0 Å². The molecular formula is C18H22N2O. The molecule has 0 aromatic heterocycles. The minimum atomic E-state index is 0.732. The van der Waals surface area contributed by atoms with Gasteiger partial charge in [-0.3, -0.25) is 0 Å². The van der Waals surface area contributed by atoms with Crippen molar-refractivity contribution in [3.8, 4) is 5.75 Å². The second-order valence-electron chi connectivity index (χ2n) is 5.32. The Bertz CT molecular complexity index is 580. The van der Waals surface area contributed by atoms with Gasteiger partial charge in [-0.25, -0.2) is 0 Å². The van der Waals surface area contributed by atoms with Crippen molar-refractivity contribution in [2.45, 2.75) is 20.0 Å². The van der Waals surface area contributed by atoms with Crippen molar-refractivity contribution in [3.63, 3.8) is 0 Å². The van der Waals surface area contributed by atoms with Crippen LogP contribution in [-0.2, 0) is 13.1 Å². The SMILES string of the molecule is CCNCc1ccc(N2CCOc3ccccc3C2)cc1. The average molecular weight is 282 g/mol. The Labute approximate surface area is 126 Å². The maximum atomic E-state index is 5.83. The van der Waals surface area contributed by atoms with Crippen molar-refractivity contribution in [1.29, 1.82) is 0 Å². The molecule has 0 bridgehead atoms. The Morgan fingerprint density at radius 3 is 2.71 bits per heavy atom. The van der Waals surface area contributed by atoms with E-state index in [0.717, 1.165) is 38.5 Å². The fourth-order valence-corrected chi connectivity index (χ4v) is 2.64. The molecule has 3 rings (SSSR count). The summed E-state index contributed by atoms with van der Waals surface area (Å²) >= 11 is 0. The molecule has 110 valence electrons. The summed E-state index contributed by atoms with van der Waals surface area (Å²) in [5.74, 6) is 1.02. The van der Waals surface area contributed by atoms with Gasteiger partial charge in [0, 0.05) is 24.3 Å². The Morgan fingerprint density at radius 2 is 1.90 bits per heavy atom. The molecule has 2 aromatic rings. The molecule has 3 nitrogen and oxygen atoms in total. The van der Waals surface area contributed by atoms with Crippen LogP contribution in [0.5, 0.6) is 5.75 Å². The summed E-state index contributed by atoms with van der Waals surface area (Å²) in [6.45, 7) is 6.62. The van der Waals surface area contributed by atoms with Gasteiger partial charge in [-0.1, -0.05) is 37.3 Å². The number of hydrogen-bond acceptors (Lipinski definition) is 3. The molecule has 0 saturated carbocycles. The zero-order chi connectivity index (χ0) is 14.5. The number of para-hydroxylation sites is 1. The quantitative estimate of drug-likeness (QED) is 0.932. The Morgan fingerprint density at radius 1 is 1.10 bits per heavy atom. The van der Waals surface area contributed by atoms with Crippen LogP contribution in [0.3, 0.4) is 0 Å². The number of nitrogens with zero attached hydrogens (tertiary/aromatic N) is 1. The largest absolute Gasteiger partial charge is 0.491 e. The third-order valence-corrected chi connectivity index (χ3v) is 3.83. The van der Waals surface area contributed by atoms with E-state index >= 15 is 0 Å². The minimum absolute atomic E-state index is 0.732. The first kappa shape index (κ1) is 14.0. The highest BCUT2D eigenvalue weighted by Gasteiger charge is 2.15. The van der Waals surface area contributed by atoms with E-state index in [2.05, 4.69) is 59.6 Å². The van der Waals surface area contributed by atoms with Crippen LogP contribution in [0, 0.1) is 0 Å². The molecule has 0 unspecified atom stereocenters. The van der Waals surface area contributed by atoms with Gasteiger partial charge < -0.3 is 15.0 Å². The molecule has 1 aliphatic heterocycles. The fraction of sp³-hybridized carbons (Fsp3) is 0.333. The third-order valence-electron chi connectivity index (χ3n) is 3.83. The van der Waals surface area contributed by atoms with Crippen molar-refractivity contribution >= 4 is 5.69 Å². The number of nitrogens with one attached hydrogen (secondary N) is 1. The zero-order valence-corrected chi connectivity index (χ0v) is 12.5. The Kier molecular flexibility index (Phi) is 4.41. The van der Waals surface area contributed by atoms with Crippen molar-refractivity contribution in [2.75, 3.05) is 24.6 Å². The number of benzene rings is 2. The molecule has 1 heterocycles. The van der Waals surface area contributed by atoms with E-state index in [1.807, 2.05) is 6.07 Å². The normalized spacial score (nSPS) is 14.2. The smallest absolute Gasteiger partial charge is 0.124 e. The summed E-state index contributed by atoms with van der Waals surface area (Å²) in [4.78, 5) is 2.38. The van der Waals surface area contributed by atoms with Crippen LogP contribution < -0.4 is 15.0 Å². The monoisotopic (exact) mass is 282 g/mol. The van der Waals surface area contributed by atoms with Gasteiger partial charge in [-0.05, 0) is 30.3 Å². The van der Waals surface area contributed by atoms with Crippen molar-refractivity contribution in [2.24, 2.45) is 0 Å². The summed E-state index contributed by atoms with van der Waals surface area (Å²) in [5, 5.41) is 3.35. The summed E-state index contributed by atoms with van der Waals surface area (Å²) in [5.41, 5.74) is 3.84. The Hall–Kier alpha value is -2.00. The third kappa shape index (κ3) is 3.37. The lowest BCUT2D eigenvalue weighted by Crippen LogP contribution is -2.25. The van der Waals surface area contributed by atoms with Gasteiger partial charge in [0.05, 0.1) is 6.54 Å². The van der Waals surface area contributed by atoms with Gasteiger partial charge in [-0.15, -0.1) is 0 Å². The predicted octanol–water partition coefficient (Wildman–Crippen LogP) is 3.20. The van der Waals surface area contributed by atoms with Crippen LogP contribution in [0.15, 0.2) is 48.5 Å². The first-order chi connectivity index (χ1) is 10.4. The van der Waals surface area contributed by atoms with Crippen molar-refractivity contribution < 1.29 is 4.74 Å². The highest BCUT2D eigenvalue weighted by molar-refractivity contribution is 5.50. The molecule has 0 atom stereocenters.